The fraction of sp³-hybridized carbons (Fsp3) is 0.905. The van der Waals surface area contributed by atoms with Crippen molar-refractivity contribution in [3.8, 4) is 0 Å². The van der Waals surface area contributed by atoms with E-state index < -0.39 is 5.60 Å². The number of piperazine rings is 1. The summed E-state index contributed by atoms with van der Waals surface area (Å²) in [4.78, 5) is 31.5. The lowest BCUT2D eigenvalue weighted by atomic mass is 9.93. The number of amides is 2. The number of likely N-dealkylation sites (tertiary alicyclic amines) is 1. The number of hydrogen-bond acceptors (Lipinski definition) is 5. The summed E-state index contributed by atoms with van der Waals surface area (Å²) < 4.78 is 11.2. The van der Waals surface area contributed by atoms with Gasteiger partial charge in [-0.15, -0.1) is 0 Å². The molecule has 3 fully saturated rings. The summed E-state index contributed by atoms with van der Waals surface area (Å²) >= 11 is 0. The molecular weight excluding hydrogens is 358 g/mol. The van der Waals surface area contributed by atoms with Crippen molar-refractivity contribution in [1.29, 1.82) is 0 Å². The van der Waals surface area contributed by atoms with Gasteiger partial charge < -0.3 is 19.3 Å². The Labute approximate surface area is 169 Å². The lowest BCUT2D eigenvalue weighted by Crippen LogP contribution is -2.54. The van der Waals surface area contributed by atoms with E-state index in [4.69, 9.17) is 9.47 Å². The Morgan fingerprint density at radius 1 is 1.04 bits per heavy atom. The van der Waals surface area contributed by atoms with E-state index in [9.17, 15) is 9.59 Å². The van der Waals surface area contributed by atoms with E-state index in [0.29, 0.717) is 18.6 Å². The first-order chi connectivity index (χ1) is 13.3. The molecule has 0 aromatic rings. The van der Waals surface area contributed by atoms with Crippen LogP contribution < -0.4 is 0 Å². The summed E-state index contributed by atoms with van der Waals surface area (Å²) in [6, 6.07) is 0.373. The lowest BCUT2D eigenvalue weighted by Gasteiger charge is -2.40. The molecule has 0 saturated carbocycles. The Hall–Kier alpha value is -1.34. The standard InChI is InChI=1S/C21H37N3O4/c1-5-18-14-16(7-13-27-18)19(25)23-11-9-22(10-12-23)17-6-8-24(15-17)20(26)28-21(2,3)4/h16-18H,5-15H2,1-4H3. The van der Waals surface area contributed by atoms with Crippen LogP contribution in [0, 0.1) is 5.92 Å². The highest BCUT2D eigenvalue weighted by Crippen LogP contribution is 2.25. The second-order valence-corrected chi connectivity index (χ2v) is 9.35. The predicted molar refractivity (Wildman–Crippen MR) is 107 cm³/mol. The Morgan fingerprint density at radius 3 is 2.39 bits per heavy atom. The third-order valence-electron chi connectivity index (χ3n) is 6.13. The summed E-state index contributed by atoms with van der Waals surface area (Å²) in [5.41, 5.74) is -0.456. The largest absolute Gasteiger partial charge is 0.444 e. The molecule has 0 spiro atoms. The van der Waals surface area contributed by atoms with E-state index in [2.05, 4.69) is 11.8 Å². The van der Waals surface area contributed by atoms with Crippen molar-refractivity contribution < 1.29 is 19.1 Å². The highest BCUT2D eigenvalue weighted by atomic mass is 16.6. The molecule has 2 amide bonds. The van der Waals surface area contributed by atoms with Gasteiger partial charge in [0.05, 0.1) is 6.10 Å². The maximum atomic E-state index is 12.9. The molecule has 3 aliphatic rings. The minimum absolute atomic E-state index is 0.124. The molecular formula is C21H37N3O4. The van der Waals surface area contributed by atoms with Crippen LogP contribution in [0.15, 0.2) is 0 Å². The van der Waals surface area contributed by atoms with Crippen LogP contribution in [0.4, 0.5) is 4.79 Å². The van der Waals surface area contributed by atoms with Crippen LogP contribution in [-0.2, 0) is 14.3 Å². The molecule has 160 valence electrons. The Morgan fingerprint density at radius 2 is 1.75 bits per heavy atom. The lowest BCUT2D eigenvalue weighted by molar-refractivity contribution is -0.142. The molecule has 0 aromatic carbocycles. The SMILES string of the molecule is CCC1CC(C(=O)N2CCN(C3CCN(C(=O)OC(C)(C)C)C3)CC2)CCO1. The zero-order valence-electron chi connectivity index (χ0n) is 18.0. The van der Waals surface area contributed by atoms with E-state index in [-0.39, 0.29) is 18.1 Å². The van der Waals surface area contributed by atoms with Gasteiger partial charge in [-0.3, -0.25) is 9.69 Å². The first-order valence-corrected chi connectivity index (χ1v) is 10.9. The minimum Gasteiger partial charge on any atom is -0.444 e. The molecule has 3 unspecified atom stereocenters. The number of carbonyl (C=O) groups is 2. The van der Waals surface area contributed by atoms with Crippen LogP contribution >= 0.6 is 0 Å². The Kier molecular flexibility index (Phi) is 6.86. The molecule has 3 aliphatic heterocycles. The molecule has 7 nitrogen and oxygen atoms in total. The van der Waals surface area contributed by atoms with Gasteiger partial charge in [-0.2, -0.15) is 0 Å². The van der Waals surface area contributed by atoms with E-state index in [1.165, 1.54) is 0 Å². The van der Waals surface area contributed by atoms with E-state index in [1.54, 1.807) is 0 Å². The topological polar surface area (TPSA) is 62.3 Å². The first kappa shape index (κ1) is 21.4. The van der Waals surface area contributed by atoms with Crippen molar-refractivity contribution in [1.82, 2.24) is 14.7 Å². The third-order valence-corrected chi connectivity index (χ3v) is 6.13. The Bertz CT molecular complexity index is 554. The highest BCUT2D eigenvalue weighted by Gasteiger charge is 2.36. The quantitative estimate of drug-likeness (QED) is 0.734. The van der Waals surface area contributed by atoms with Crippen LogP contribution in [0.5, 0.6) is 0 Å². The average molecular weight is 396 g/mol. The molecule has 0 radical (unpaired) electrons. The normalized spacial score (nSPS) is 29.8. The molecule has 0 bridgehead atoms. The van der Waals surface area contributed by atoms with Crippen LogP contribution in [0.2, 0.25) is 0 Å². The van der Waals surface area contributed by atoms with Gasteiger partial charge in [-0.25, -0.2) is 4.79 Å². The summed E-state index contributed by atoms with van der Waals surface area (Å²) in [7, 11) is 0. The molecule has 0 aliphatic carbocycles. The second-order valence-electron chi connectivity index (χ2n) is 9.35. The maximum absolute atomic E-state index is 12.9. The van der Waals surface area contributed by atoms with Crippen LogP contribution in [0.25, 0.3) is 0 Å². The van der Waals surface area contributed by atoms with Gasteiger partial charge in [0.15, 0.2) is 0 Å². The zero-order chi connectivity index (χ0) is 20.3. The van der Waals surface area contributed by atoms with Crippen molar-refractivity contribution >= 4 is 12.0 Å². The van der Waals surface area contributed by atoms with Crippen molar-refractivity contribution in [2.75, 3.05) is 45.9 Å². The van der Waals surface area contributed by atoms with Crippen molar-refractivity contribution in [3.63, 3.8) is 0 Å². The van der Waals surface area contributed by atoms with Gasteiger partial charge in [0.2, 0.25) is 5.91 Å². The van der Waals surface area contributed by atoms with Gasteiger partial charge in [0.1, 0.15) is 5.60 Å². The van der Waals surface area contributed by atoms with Gasteiger partial charge in [0.25, 0.3) is 0 Å². The van der Waals surface area contributed by atoms with Crippen LogP contribution in [-0.4, -0.2) is 90.3 Å². The minimum atomic E-state index is -0.456. The number of rotatable bonds is 3. The number of ether oxygens (including phenoxy) is 2. The van der Waals surface area contributed by atoms with E-state index in [1.807, 2.05) is 30.6 Å². The summed E-state index contributed by atoms with van der Waals surface area (Å²) in [5, 5.41) is 0. The summed E-state index contributed by atoms with van der Waals surface area (Å²) in [6.07, 6.45) is 3.69. The monoisotopic (exact) mass is 395 g/mol. The molecule has 0 N–H and O–H groups in total. The Balaban J connectivity index is 1.44. The third kappa shape index (κ3) is 5.38. The smallest absolute Gasteiger partial charge is 0.410 e. The summed E-state index contributed by atoms with van der Waals surface area (Å²) in [6.45, 7) is 13.3. The number of hydrogen-bond donors (Lipinski definition) is 0. The van der Waals surface area contributed by atoms with Crippen molar-refractivity contribution in [2.45, 2.75) is 71.1 Å². The van der Waals surface area contributed by atoms with Crippen molar-refractivity contribution in [2.24, 2.45) is 5.92 Å². The average Bonchev–Trinajstić information content (AvgIpc) is 3.17. The van der Waals surface area contributed by atoms with Crippen LogP contribution in [0.3, 0.4) is 0 Å². The number of carbonyl (C=O) groups excluding carboxylic acids is 2. The van der Waals surface area contributed by atoms with Gasteiger partial charge in [0, 0.05) is 57.8 Å². The molecule has 28 heavy (non-hydrogen) atoms. The van der Waals surface area contributed by atoms with Gasteiger partial charge in [-0.1, -0.05) is 6.92 Å². The first-order valence-electron chi connectivity index (χ1n) is 10.9. The van der Waals surface area contributed by atoms with E-state index >= 15 is 0 Å². The molecule has 3 rings (SSSR count). The second kappa shape index (κ2) is 8.99. The van der Waals surface area contributed by atoms with Crippen molar-refractivity contribution in [3.05, 3.63) is 0 Å². The zero-order valence-corrected chi connectivity index (χ0v) is 18.0. The molecule has 3 saturated heterocycles. The van der Waals surface area contributed by atoms with Crippen LogP contribution in [0.1, 0.15) is 53.4 Å². The van der Waals surface area contributed by atoms with Gasteiger partial charge >= 0.3 is 6.09 Å². The predicted octanol–water partition coefficient (Wildman–Crippen LogP) is 2.35. The molecule has 0 aromatic heterocycles. The highest BCUT2D eigenvalue weighted by molar-refractivity contribution is 5.79. The van der Waals surface area contributed by atoms with Gasteiger partial charge in [-0.05, 0) is 46.5 Å². The molecule has 3 atom stereocenters. The fourth-order valence-corrected chi connectivity index (χ4v) is 4.49. The maximum Gasteiger partial charge on any atom is 0.410 e. The number of nitrogens with zero attached hydrogens (tertiary/aromatic N) is 3. The molecule has 7 heteroatoms. The fourth-order valence-electron chi connectivity index (χ4n) is 4.49. The molecule has 3 heterocycles. The summed E-state index contributed by atoms with van der Waals surface area (Å²) in [5.74, 6) is 0.433. The van der Waals surface area contributed by atoms with E-state index in [0.717, 1.165) is 65.0 Å².